The molecule has 10 heteroatoms. The van der Waals surface area contributed by atoms with Gasteiger partial charge in [0.15, 0.2) is 23.1 Å². The number of phenols is 1. The zero-order valence-electron chi connectivity index (χ0n) is 19.6. The number of fused-ring (bicyclic) bond motifs is 3. The van der Waals surface area contributed by atoms with E-state index >= 15 is 0 Å². The molecule has 0 saturated carbocycles. The molecule has 6 rings (SSSR count). The molecule has 37 heavy (non-hydrogen) atoms. The number of halogens is 1. The fraction of sp³-hybridized carbons (Fsp3) is 0.185. The Labute approximate surface area is 218 Å². The van der Waals surface area contributed by atoms with Crippen LogP contribution in [0.15, 0.2) is 91.5 Å². The molecule has 2 atom stereocenters. The Morgan fingerprint density at radius 3 is 2.51 bits per heavy atom. The van der Waals surface area contributed by atoms with Crippen LogP contribution in [-0.4, -0.2) is 37.7 Å². The Morgan fingerprint density at radius 2 is 1.78 bits per heavy atom. The van der Waals surface area contributed by atoms with Gasteiger partial charge in [-0.3, -0.25) is 9.59 Å². The first-order chi connectivity index (χ1) is 17.8. The molecule has 1 N–H and O–H groups in total. The molecule has 2 unspecified atom stereocenters. The third-order valence-corrected chi connectivity index (χ3v) is 7.74. The number of para-hydroxylation sites is 1. The monoisotopic (exact) mass is 561 g/mol. The number of rotatable bonds is 3. The molecule has 186 valence electrons. The van der Waals surface area contributed by atoms with E-state index < -0.39 is 23.3 Å². The van der Waals surface area contributed by atoms with Crippen LogP contribution in [-0.2, 0) is 16.1 Å². The molecule has 0 amide bonds. The molecular formula is C27H20BrN3O6. The first-order valence-corrected chi connectivity index (χ1v) is 12.4. The summed E-state index contributed by atoms with van der Waals surface area (Å²) in [5.41, 5.74) is 1.40. The Morgan fingerprint density at radius 1 is 1.03 bits per heavy atom. The van der Waals surface area contributed by atoms with Crippen LogP contribution in [0.4, 0.5) is 0 Å². The van der Waals surface area contributed by atoms with Gasteiger partial charge in [-0.05, 0) is 51.3 Å². The number of phenolic OH excluding ortho intramolecular Hbond substituents is 1. The number of ether oxygens (including phenoxy) is 1. The minimum absolute atomic E-state index is 0.0656. The van der Waals surface area contributed by atoms with Crippen LogP contribution >= 0.6 is 15.9 Å². The lowest BCUT2D eigenvalue weighted by molar-refractivity contribution is -0.115. The summed E-state index contributed by atoms with van der Waals surface area (Å²) >= 11 is 3.21. The van der Waals surface area contributed by atoms with Gasteiger partial charge >= 0.3 is 11.4 Å². The van der Waals surface area contributed by atoms with Crippen molar-refractivity contribution in [3.05, 3.63) is 108 Å². The highest BCUT2D eigenvalue weighted by molar-refractivity contribution is 9.12. The minimum atomic E-state index is -0.674. The largest absolute Gasteiger partial charge is 0.504 e. The molecule has 0 radical (unpaired) electrons. The van der Waals surface area contributed by atoms with Crippen molar-refractivity contribution in [2.75, 3.05) is 7.11 Å². The first kappa shape index (κ1) is 23.2. The van der Waals surface area contributed by atoms with Gasteiger partial charge in [-0.25, -0.2) is 23.5 Å². The summed E-state index contributed by atoms with van der Waals surface area (Å²) in [6, 6.07) is 12.7. The number of benzene rings is 2. The molecule has 2 aliphatic carbocycles. The quantitative estimate of drug-likeness (QED) is 0.388. The van der Waals surface area contributed by atoms with Gasteiger partial charge in [0.05, 0.1) is 29.9 Å². The van der Waals surface area contributed by atoms with Crippen molar-refractivity contribution in [1.29, 1.82) is 0 Å². The number of methoxy groups -OCH3 is 1. The van der Waals surface area contributed by atoms with E-state index in [0.717, 1.165) is 10.1 Å². The van der Waals surface area contributed by atoms with Gasteiger partial charge in [-0.1, -0.05) is 30.3 Å². The van der Waals surface area contributed by atoms with E-state index in [9.17, 15) is 24.3 Å². The first-order valence-electron chi connectivity index (χ1n) is 11.6. The Hall–Kier alpha value is -4.18. The summed E-state index contributed by atoms with van der Waals surface area (Å²) in [6.45, 7) is 0.121. The molecule has 1 aromatic heterocycles. The van der Waals surface area contributed by atoms with Gasteiger partial charge in [0.2, 0.25) is 0 Å². The zero-order chi connectivity index (χ0) is 26.0. The summed E-state index contributed by atoms with van der Waals surface area (Å²) in [5.74, 6) is -1.17. The molecule has 0 bridgehead atoms. The Kier molecular flexibility index (Phi) is 5.30. The number of carbonyl (C=O) groups is 2. The van der Waals surface area contributed by atoms with Gasteiger partial charge < -0.3 is 9.84 Å². The third-order valence-electron chi connectivity index (χ3n) is 7.15. The molecule has 9 nitrogen and oxygen atoms in total. The van der Waals surface area contributed by atoms with Crippen molar-refractivity contribution in [3.63, 3.8) is 0 Å². The standard InChI is InChI=1S/C27H20BrN3O6/c1-37-22-11-14(7-8-20(22)32)23-16-9-10-29-26(35)30(15-5-3-2-4-6-15)27(36)31(29)19(16)12-17-24(23)21(33)13-18(28)25(17)34/h2-9,11,13,19,23,32H,10,12H2,1H3. The zero-order valence-corrected chi connectivity index (χ0v) is 21.1. The van der Waals surface area contributed by atoms with E-state index in [1.807, 2.05) is 6.08 Å². The average molecular weight is 562 g/mol. The Bertz CT molecular complexity index is 1720. The van der Waals surface area contributed by atoms with E-state index in [1.54, 1.807) is 42.5 Å². The Balaban J connectivity index is 1.59. The smallest absolute Gasteiger partial charge is 0.352 e. The topological polar surface area (TPSA) is 113 Å². The highest BCUT2D eigenvalue weighted by atomic mass is 79.9. The minimum Gasteiger partial charge on any atom is -0.504 e. The van der Waals surface area contributed by atoms with Crippen molar-refractivity contribution in [3.8, 4) is 17.2 Å². The molecular weight excluding hydrogens is 542 g/mol. The summed E-state index contributed by atoms with van der Waals surface area (Å²) in [5, 5.41) is 10.2. The van der Waals surface area contributed by atoms with Crippen LogP contribution in [0, 0.1) is 0 Å². The van der Waals surface area contributed by atoms with E-state index in [4.69, 9.17) is 4.74 Å². The van der Waals surface area contributed by atoms with Crippen LogP contribution in [0.1, 0.15) is 23.9 Å². The predicted molar refractivity (Wildman–Crippen MR) is 137 cm³/mol. The maximum absolute atomic E-state index is 13.7. The van der Waals surface area contributed by atoms with Crippen molar-refractivity contribution in [2.24, 2.45) is 0 Å². The predicted octanol–water partition coefficient (Wildman–Crippen LogP) is 2.91. The van der Waals surface area contributed by atoms with E-state index in [-0.39, 0.29) is 40.5 Å². The van der Waals surface area contributed by atoms with Crippen LogP contribution < -0.4 is 16.1 Å². The maximum Gasteiger partial charge on any atom is 0.352 e. The van der Waals surface area contributed by atoms with Crippen molar-refractivity contribution in [2.45, 2.75) is 24.9 Å². The summed E-state index contributed by atoms with van der Waals surface area (Å²) < 4.78 is 9.31. The number of hydrogen-bond donors (Lipinski definition) is 1. The number of Topliss-reactive ketones (excluding diaryl/α,β-unsaturated/α-hetero) is 1. The van der Waals surface area contributed by atoms with E-state index in [1.165, 1.54) is 28.6 Å². The molecule has 3 aromatic rings. The lowest BCUT2D eigenvalue weighted by atomic mass is 9.69. The highest BCUT2D eigenvalue weighted by Crippen LogP contribution is 2.50. The second kappa shape index (κ2) is 8.45. The lowest BCUT2D eigenvalue weighted by Crippen LogP contribution is -2.40. The molecule has 0 spiro atoms. The molecule has 1 aliphatic heterocycles. The SMILES string of the molecule is COc1cc(C2C3=CCn4c(=O)n(-c5ccccc5)c(=O)n4C3CC3=C2C(=O)C=C(Br)C3=O)ccc1O. The average Bonchev–Trinajstić information content (AvgIpc) is 3.16. The van der Waals surface area contributed by atoms with E-state index in [0.29, 0.717) is 22.4 Å². The second-order valence-electron chi connectivity index (χ2n) is 9.03. The molecule has 2 aromatic carbocycles. The number of allylic oxidation sites excluding steroid dienone is 6. The van der Waals surface area contributed by atoms with Gasteiger partial charge in [-0.15, -0.1) is 0 Å². The van der Waals surface area contributed by atoms with Gasteiger partial charge in [0.25, 0.3) is 0 Å². The highest BCUT2D eigenvalue weighted by Gasteiger charge is 2.45. The lowest BCUT2D eigenvalue weighted by Gasteiger charge is -2.39. The fourth-order valence-electron chi connectivity index (χ4n) is 5.53. The summed E-state index contributed by atoms with van der Waals surface area (Å²) in [7, 11) is 1.42. The van der Waals surface area contributed by atoms with Crippen molar-refractivity contribution in [1.82, 2.24) is 13.9 Å². The number of nitrogens with zero attached hydrogens (tertiary/aromatic N) is 3. The number of aromatic hydroxyl groups is 1. The van der Waals surface area contributed by atoms with Gasteiger partial charge in [-0.2, -0.15) is 0 Å². The second-order valence-corrected chi connectivity index (χ2v) is 9.88. The van der Waals surface area contributed by atoms with Gasteiger partial charge in [0, 0.05) is 29.6 Å². The number of carbonyl (C=O) groups excluding carboxylic acids is 2. The third kappa shape index (κ3) is 3.36. The van der Waals surface area contributed by atoms with E-state index in [2.05, 4.69) is 15.9 Å². The van der Waals surface area contributed by atoms with Gasteiger partial charge in [0.1, 0.15) is 0 Å². The number of hydrogen-bond acceptors (Lipinski definition) is 6. The van der Waals surface area contributed by atoms with Crippen LogP contribution in [0.5, 0.6) is 11.5 Å². The van der Waals surface area contributed by atoms with Crippen LogP contribution in [0.2, 0.25) is 0 Å². The summed E-state index contributed by atoms with van der Waals surface area (Å²) in [6.07, 6.45) is 3.20. The molecule has 0 saturated heterocycles. The molecule has 0 fully saturated rings. The number of aromatic nitrogens is 3. The van der Waals surface area contributed by atoms with Crippen molar-refractivity contribution >= 4 is 27.5 Å². The fourth-order valence-corrected chi connectivity index (χ4v) is 5.98. The normalized spacial score (nSPS) is 20.6. The van der Waals surface area contributed by atoms with Crippen LogP contribution in [0.25, 0.3) is 5.69 Å². The molecule has 3 aliphatic rings. The number of ketones is 2. The van der Waals surface area contributed by atoms with Crippen molar-refractivity contribution < 1.29 is 19.4 Å². The maximum atomic E-state index is 13.7. The summed E-state index contributed by atoms with van der Waals surface area (Å²) in [4.78, 5) is 53.5. The van der Waals surface area contributed by atoms with Crippen LogP contribution in [0.3, 0.4) is 0 Å². The molecule has 2 heterocycles.